The number of aryl methyl sites for hydroxylation is 1. The molecule has 3 heterocycles. The molecule has 3 atom stereocenters. The molecule has 1 N–H and O–H groups in total. The molecule has 5 heteroatoms. The van der Waals surface area contributed by atoms with Crippen LogP contribution in [-0.2, 0) is 0 Å². The van der Waals surface area contributed by atoms with Gasteiger partial charge in [0, 0.05) is 10.9 Å². The first-order chi connectivity index (χ1) is 9.33. The maximum absolute atomic E-state index is 5.52. The molecule has 1 aliphatic carbocycles. The fraction of sp³-hybridized carbons (Fsp3) is 0.571. The molecule has 1 aliphatic heterocycles. The van der Waals surface area contributed by atoms with Crippen LogP contribution in [0.4, 0.5) is 0 Å². The van der Waals surface area contributed by atoms with Crippen molar-refractivity contribution < 1.29 is 4.52 Å². The number of fused-ring (bicyclic) bond motifs is 1. The summed E-state index contributed by atoms with van der Waals surface area (Å²) in [5.74, 6) is 3.01. The van der Waals surface area contributed by atoms with Gasteiger partial charge in [0.2, 0.25) is 11.7 Å². The minimum Gasteiger partial charge on any atom is -0.337 e. The number of thiophene rings is 1. The van der Waals surface area contributed by atoms with Crippen LogP contribution in [0.3, 0.4) is 0 Å². The molecule has 1 saturated heterocycles. The normalized spacial score (nSPS) is 29.8. The molecule has 2 aromatic heterocycles. The van der Waals surface area contributed by atoms with Gasteiger partial charge in [-0.3, -0.25) is 0 Å². The average molecular weight is 275 g/mol. The van der Waals surface area contributed by atoms with Gasteiger partial charge >= 0.3 is 0 Å². The minimum atomic E-state index is 0.271. The van der Waals surface area contributed by atoms with E-state index in [9.17, 15) is 0 Å². The fourth-order valence-corrected chi connectivity index (χ4v) is 4.35. The van der Waals surface area contributed by atoms with Crippen LogP contribution in [0.25, 0.3) is 11.4 Å². The topological polar surface area (TPSA) is 51.0 Å². The Morgan fingerprint density at radius 1 is 1.37 bits per heavy atom. The van der Waals surface area contributed by atoms with Crippen LogP contribution in [0.1, 0.15) is 36.8 Å². The SMILES string of the molecule is Cc1cscc1-c1noc(C2NCC3CCCC32)n1. The summed E-state index contributed by atoms with van der Waals surface area (Å²) in [6.45, 7) is 3.19. The molecule has 4 rings (SSSR count). The Balaban J connectivity index is 1.63. The molecule has 3 unspecified atom stereocenters. The molecule has 0 aromatic carbocycles. The van der Waals surface area contributed by atoms with Crippen molar-refractivity contribution in [3.05, 3.63) is 22.2 Å². The van der Waals surface area contributed by atoms with E-state index in [1.54, 1.807) is 11.3 Å². The van der Waals surface area contributed by atoms with Gasteiger partial charge in [0.25, 0.3) is 0 Å². The van der Waals surface area contributed by atoms with E-state index in [2.05, 4.69) is 33.1 Å². The van der Waals surface area contributed by atoms with Gasteiger partial charge < -0.3 is 9.84 Å². The van der Waals surface area contributed by atoms with Crippen molar-refractivity contribution in [1.29, 1.82) is 0 Å². The monoisotopic (exact) mass is 275 g/mol. The number of aromatic nitrogens is 2. The van der Waals surface area contributed by atoms with Gasteiger partial charge in [0.05, 0.1) is 6.04 Å². The summed E-state index contributed by atoms with van der Waals surface area (Å²) in [5, 5.41) is 11.9. The summed E-state index contributed by atoms with van der Waals surface area (Å²) >= 11 is 1.68. The lowest BCUT2D eigenvalue weighted by Gasteiger charge is -2.13. The molecule has 0 bridgehead atoms. The van der Waals surface area contributed by atoms with Crippen molar-refractivity contribution in [2.45, 2.75) is 32.2 Å². The van der Waals surface area contributed by atoms with Crippen molar-refractivity contribution in [1.82, 2.24) is 15.5 Å². The quantitative estimate of drug-likeness (QED) is 0.914. The largest absolute Gasteiger partial charge is 0.337 e. The standard InChI is InChI=1S/C14H17N3OS/c1-8-6-19-7-11(8)13-16-14(18-17-13)12-10-4-2-3-9(10)5-15-12/h6-7,9-10,12,15H,2-5H2,1H3. The summed E-state index contributed by atoms with van der Waals surface area (Å²) in [6, 6.07) is 0.271. The van der Waals surface area contributed by atoms with E-state index in [1.165, 1.54) is 24.8 Å². The van der Waals surface area contributed by atoms with Gasteiger partial charge in [-0.05, 0) is 49.1 Å². The molecule has 2 fully saturated rings. The Hall–Kier alpha value is -1.20. The van der Waals surface area contributed by atoms with Crippen LogP contribution < -0.4 is 5.32 Å². The first-order valence-corrected chi connectivity index (χ1v) is 7.87. The van der Waals surface area contributed by atoms with Gasteiger partial charge in [-0.15, -0.1) is 0 Å². The first kappa shape index (κ1) is 11.6. The van der Waals surface area contributed by atoms with Gasteiger partial charge in [0.15, 0.2) is 0 Å². The predicted molar refractivity (Wildman–Crippen MR) is 73.9 cm³/mol. The Morgan fingerprint density at radius 3 is 3.16 bits per heavy atom. The van der Waals surface area contributed by atoms with Crippen molar-refractivity contribution >= 4 is 11.3 Å². The number of nitrogens with one attached hydrogen (secondary N) is 1. The summed E-state index contributed by atoms with van der Waals surface area (Å²) in [6.07, 6.45) is 3.98. The summed E-state index contributed by atoms with van der Waals surface area (Å²) in [5.41, 5.74) is 2.32. The molecule has 4 nitrogen and oxygen atoms in total. The predicted octanol–water partition coefficient (Wildman–Crippen LogP) is 3.17. The second-order valence-electron chi connectivity index (χ2n) is 5.67. The zero-order valence-corrected chi connectivity index (χ0v) is 11.7. The second kappa shape index (κ2) is 4.42. The third kappa shape index (κ3) is 1.83. The summed E-state index contributed by atoms with van der Waals surface area (Å²) < 4.78 is 5.52. The van der Waals surface area contributed by atoms with E-state index < -0.39 is 0 Å². The van der Waals surface area contributed by atoms with Crippen molar-refractivity contribution in [3.8, 4) is 11.4 Å². The smallest absolute Gasteiger partial charge is 0.244 e. The van der Waals surface area contributed by atoms with Crippen LogP contribution >= 0.6 is 11.3 Å². The first-order valence-electron chi connectivity index (χ1n) is 6.93. The zero-order valence-electron chi connectivity index (χ0n) is 10.9. The molecular formula is C14H17N3OS. The van der Waals surface area contributed by atoms with E-state index in [1.807, 2.05) is 0 Å². The van der Waals surface area contributed by atoms with Crippen LogP contribution in [0, 0.1) is 18.8 Å². The molecular weight excluding hydrogens is 258 g/mol. The Bertz CT molecular complexity index is 591. The Morgan fingerprint density at radius 2 is 2.32 bits per heavy atom. The molecule has 2 aromatic rings. The summed E-state index contributed by atoms with van der Waals surface area (Å²) in [7, 11) is 0. The summed E-state index contributed by atoms with van der Waals surface area (Å²) in [4.78, 5) is 4.62. The van der Waals surface area contributed by atoms with E-state index in [0.717, 1.165) is 29.7 Å². The highest BCUT2D eigenvalue weighted by molar-refractivity contribution is 7.08. The highest BCUT2D eigenvalue weighted by atomic mass is 32.1. The molecule has 0 spiro atoms. The van der Waals surface area contributed by atoms with Gasteiger partial charge in [-0.1, -0.05) is 11.6 Å². The van der Waals surface area contributed by atoms with E-state index in [0.29, 0.717) is 5.92 Å². The molecule has 0 radical (unpaired) electrons. The Kier molecular flexibility index (Phi) is 2.70. The fourth-order valence-electron chi connectivity index (χ4n) is 3.52. The lowest BCUT2D eigenvalue weighted by molar-refractivity contribution is 0.302. The molecule has 19 heavy (non-hydrogen) atoms. The van der Waals surface area contributed by atoms with Crippen LogP contribution in [0.5, 0.6) is 0 Å². The van der Waals surface area contributed by atoms with Crippen LogP contribution in [0.15, 0.2) is 15.3 Å². The lowest BCUT2D eigenvalue weighted by atomic mass is 9.94. The number of nitrogens with zero attached hydrogens (tertiary/aromatic N) is 2. The maximum Gasteiger partial charge on any atom is 0.244 e. The van der Waals surface area contributed by atoms with E-state index in [4.69, 9.17) is 4.52 Å². The third-order valence-corrected chi connectivity index (χ3v) is 5.41. The van der Waals surface area contributed by atoms with Crippen molar-refractivity contribution in [3.63, 3.8) is 0 Å². The minimum absolute atomic E-state index is 0.271. The average Bonchev–Trinajstić information content (AvgIpc) is 3.10. The van der Waals surface area contributed by atoms with E-state index in [-0.39, 0.29) is 6.04 Å². The second-order valence-corrected chi connectivity index (χ2v) is 6.41. The lowest BCUT2D eigenvalue weighted by Crippen LogP contribution is -2.18. The third-order valence-electron chi connectivity index (χ3n) is 4.55. The number of rotatable bonds is 2. The van der Waals surface area contributed by atoms with Gasteiger partial charge in [-0.2, -0.15) is 16.3 Å². The highest BCUT2D eigenvalue weighted by Crippen LogP contribution is 2.44. The number of hydrogen-bond acceptors (Lipinski definition) is 5. The number of hydrogen-bond donors (Lipinski definition) is 1. The molecule has 0 amide bonds. The molecule has 100 valence electrons. The van der Waals surface area contributed by atoms with Crippen molar-refractivity contribution in [2.75, 3.05) is 6.54 Å². The van der Waals surface area contributed by atoms with E-state index >= 15 is 0 Å². The Labute approximate surface area is 116 Å². The zero-order chi connectivity index (χ0) is 12.8. The maximum atomic E-state index is 5.52. The molecule has 2 aliphatic rings. The van der Waals surface area contributed by atoms with Crippen LogP contribution in [-0.4, -0.2) is 16.7 Å². The van der Waals surface area contributed by atoms with Crippen molar-refractivity contribution in [2.24, 2.45) is 11.8 Å². The highest BCUT2D eigenvalue weighted by Gasteiger charge is 2.42. The molecule has 1 saturated carbocycles. The van der Waals surface area contributed by atoms with Gasteiger partial charge in [-0.25, -0.2) is 0 Å². The van der Waals surface area contributed by atoms with Crippen LogP contribution in [0.2, 0.25) is 0 Å². The van der Waals surface area contributed by atoms with Gasteiger partial charge in [0.1, 0.15) is 0 Å².